The topological polar surface area (TPSA) is 197 Å². The lowest BCUT2D eigenvalue weighted by atomic mass is 9.80. The highest BCUT2D eigenvalue weighted by atomic mass is 16.8. The van der Waals surface area contributed by atoms with Crippen LogP contribution in [0.5, 0.6) is 0 Å². The largest absolute Gasteiger partial charge is 0.477 e. The third-order valence-corrected chi connectivity index (χ3v) is 8.21. The number of rotatable bonds is 10. The molecule has 0 aromatic rings. The molecule has 4 aliphatic rings. The van der Waals surface area contributed by atoms with E-state index in [4.69, 9.17) is 18.9 Å². The zero-order valence-corrected chi connectivity index (χ0v) is 24.1. The maximum atomic E-state index is 12.9. The van der Waals surface area contributed by atoms with Crippen LogP contribution in [0.4, 0.5) is 0 Å². The van der Waals surface area contributed by atoms with Crippen LogP contribution in [0.1, 0.15) is 32.1 Å². The normalized spacial score (nSPS) is 35.0. The summed E-state index contributed by atoms with van der Waals surface area (Å²) in [6.07, 6.45) is 5.92. The molecule has 0 amide bonds. The molecule has 2 fully saturated rings. The Morgan fingerprint density at radius 2 is 1.81 bits per heavy atom. The van der Waals surface area contributed by atoms with Gasteiger partial charge in [-0.3, -0.25) is 0 Å². The molecule has 0 bridgehead atoms. The van der Waals surface area contributed by atoms with E-state index in [1.165, 1.54) is 19.4 Å². The minimum absolute atomic E-state index is 0.0785. The van der Waals surface area contributed by atoms with Crippen molar-refractivity contribution >= 4 is 11.9 Å². The summed E-state index contributed by atoms with van der Waals surface area (Å²) in [6.45, 7) is -0.0303. The van der Waals surface area contributed by atoms with Gasteiger partial charge in [-0.2, -0.15) is 0 Å². The number of aliphatic hydroxyl groups is 5. The van der Waals surface area contributed by atoms with Crippen LogP contribution in [0, 0.1) is 11.8 Å². The molecule has 4 rings (SSSR count). The summed E-state index contributed by atoms with van der Waals surface area (Å²) >= 11 is 0. The molecule has 9 atom stereocenters. The van der Waals surface area contributed by atoms with Crippen LogP contribution in [0.15, 0.2) is 59.1 Å². The average molecular weight is 609 g/mol. The number of quaternary nitrogens is 1. The van der Waals surface area contributed by atoms with Gasteiger partial charge in [0.15, 0.2) is 6.29 Å². The molecule has 13 nitrogen and oxygen atoms in total. The Kier molecular flexibility index (Phi) is 11.7. The van der Waals surface area contributed by atoms with Gasteiger partial charge in [-0.1, -0.05) is 30.2 Å². The third-order valence-electron chi connectivity index (χ3n) is 8.21. The maximum absolute atomic E-state index is 12.9. The van der Waals surface area contributed by atoms with Gasteiger partial charge in [0.1, 0.15) is 49.3 Å². The fourth-order valence-corrected chi connectivity index (χ4v) is 5.87. The Balaban J connectivity index is 1.70. The summed E-state index contributed by atoms with van der Waals surface area (Å²) in [5, 5.41) is 59.7. The highest BCUT2D eigenvalue weighted by Gasteiger charge is 2.47. The first kappa shape index (κ1) is 33.0. The molecule has 1 saturated carbocycles. The van der Waals surface area contributed by atoms with Gasteiger partial charge in [0.05, 0.1) is 38.1 Å². The van der Waals surface area contributed by atoms with E-state index in [1.54, 1.807) is 18.4 Å². The second kappa shape index (κ2) is 15.2. The van der Waals surface area contributed by atoms with Crippen molar-refractivity contribution in [3.8, 4) is 0 Å². The molecule has 1 saturated heterocycles. The first-order chi connectivity index (χ1) is 20.7. The molecule has 7 N–H and O–H groups in total. The van der Waals surface area contributed by atoms with E-state index < -0.39 is 67.4 Å². The zero-order valence-electron chi connectivity index (χ0n) is 24.1. The predicted molar refractivity (Wildman–Crippen MR) is 149 cm³/mol. The summed E-state index contributed by atoms with van der Waals surface area (Å²) in [7, 11) is 1.25. The number of methoxy groups -OCH3 is 1. The molecule has 3 heterocycles. The fourth-order valence-electron chi connectivity index (χ4n) is 5.87. The number of ether oxygens (including phenoxy) is 4. The number of allylic oxidation sites excluding steroid dienone is 2. The van der Waals surface area contributed by atoms with Crippen LogP contribution in [0.25, 0.3) is 0 Å². The zero-order chi connectivity index (χ0) is 31.1. The molecular formula is C30H42NO12+. The van der Waals surface area contributed by atoms with Crippen molar-refractivity contribution in [2.45, 2.75) is 69.1 Å². The van der Waals surface area contributed by atoms with Crippen molar-refractivity contribution in [1.29, 1.82) is 0 Å². The summed E-state index contributed by atoms with van der Waals surface area (Å²) in [6, 6.07) is 0. The molecule has 43 heavy (non-hydrogen) atoms. The standard InChI is InChI=1S/C30H41NO12/c1-40-28(39)22-16-41-29(43-30-26(36)25(35)24(34)23(15-33)42-30)21(12-17-5-3-2-4-6-17)20(22)8-7-18-11-19(27(37)38)14-31(13-18)9-10-32/h7-8,11-12,14,16,20-21,23-26,29-30,32-36H,2-6,9-10,13,15H2,1H3,(H,37,38)/p+1. The van der Waals surface area contributed by atoms with E-state index in [1.807, 2.05) is 6.08 Å². The quantitative estimate of drug-likeness (QED) is 0.114. The number of carboxylic acids is 1. The summed E-state index contributed by atoms with van der Waals surface area (Å²) < 4.78 is 22.5. The number of aliphatic carboxylic acids is 1. The number of carboxylic acid groups (broad SMARTS) is 1. The Labute approximate surface area is 249 Å². The first-order valence-corrected chi connectivity index (χ1v) is 14.6. The molecule has 1 aliphatic carbocycles. The lowest BCUT2D eigenvalue weighted by Crippen LogP contribution is -3.08. The number of carbonyl (C=O) groups is 2. The fraction of sp³-hybridized carbons (Fsp3) is 0.600. The van der Waals surface area contributed by atoms with Gasteiger partial charge in [-0.05, 0) is 31.8 Å². The van der Waals surface area contributed by atoms with Crippen molar-refractivity contribution < 1.29 is 64.1 Å². The van der Waals surface area contributed by atoms with Crippen LogP contribution in [0.2, 0.25) is 0 Å². The van der Waals surface area contributed by atoms with Crippen molar-refractivity contribution in [3.05, 3.63) is 59.1 Å². The molecule has 9 unspecified atom stereocenters. The van der Waals surface area contributed by atoms with Crippen LogP contribution in [-0.2, 0) is 28.5 Å². The van der Waals surface area contributed by atoms with Crippen LogP contribution >= 0.6 is 0 Å². The van der Waals surface area contributed by atoms with Crippen molar-refractivity contribution in [3.63, 3.8) is 0 Å². The van der Waals surface area contributed by atoms with Gasteiger partial charge in [-0.15, -0.1) is 0 Å². The number of aliphatic hydroxyl groups excluding tert-OH is 5. The lowest BCUT2D eigenvalue weighted by Gasteiger charge is -2.43. The smallest absolute Gasteiger partial charge is 0.341 e. The molecule has 3 aliphatic heterocycles. The summed E-state index contributed by atoms with van der Waals surface area (Å²) in [4.78, 5) is 25.4. The Morgan fingerprint density at radius 3 is 2.47 bits per heavy atom. The highest BCUT2D eigenvalue weighted by molar-refractivity contribution is 5.90. The summed E-state index contributed by atoms with van der Waals surface area (Å²) in [5.74, 6) is -3.05. The number of carbonyl (C=O) groups excluding carboxylic acids is 1. The number of hydrogen-bond acceptors (Lipinski definition) is 11. The van der Waals surface area contributed by atoms with Crippen LogP contribution in [0.3, 0.4) is 0 Å². The minimum atomic E-state index is -1.65. The highest BCUT2D eigenvalue weighted by Crippen LogP contribution is 2.38. The number of esters is 1. The van der Waals surface area contributed by atoms with Crippen molar-refractivity contribution in [2.24, 2.45) is 11.8 Å². The van der Waals surface area contributed by atoms with E-state index >= 15 is 0 Å². The number of nitrogens with one attached hydrogen (secondary N) is 1. The Hall–Kier alpha value is -2.88. The predicted octanol–water partition coefficient (Wildman–Crippen LogP) is -1.32. The van der Waals surface area contributed by atoms with Crippen LogP contribution < -0.4 is 4.90 Å². The van der Waals surface area contributed by atoms with Gasteiger partial charge in [0.2, 0.25) is 6.29 Å². The van der Waals surface area contributed by atoms with E-state index in [9.17, 15) is 40.2 Å². The lowest BCUT2D eigenvalue weighted by molar-refractivity contribution is -0.842. The molecule has 0 spiro atoms. The maximum Gasteiger partial charge on any atom is 0.341 e. The first-order valence-electron chi connectivity index (χ1n) is 14.6. The van der Waals surface area contributed by atoms with Crippen LogP contribution in [-0.4, -0.2) is 113 Å². The van der Waals surface area contributed by atoms with Gasteiger partial charge in [0.25, 0.3) is 0 Å². The second-order valence-corrected chi connectivity index (χ2v) is 11.2. The van der Waals surface area contributed by atoms with E-state index in [-0.39, 0.29) is 17.8 Å². The van der Waals surface area contributed by atoms with E-state index in [0.717, 1.165) is 42.6 Å². The minimum Gasteiger partial charge on any atom is -0.477 e. The summed E-state index contributed by atoms with van der Waals surface area (Å²) in [5.41, 5.74) is 2.07. The molecular weight excluding hydrogens is 566 g/mol. The molecule has 13 heteroatoms. The number of hydrogen-bond donors (Lipinski definition) is 7. The molecule has 0 radical (unpaired) electrons. The third kappa shape index (κ3) is 7.99. The van der Waals surface area contributed by atoms with Gasteiger partial charge >= 0.3 is 11.9 Å². The average Bonchev–Trinajstić information content (AvgIpc) is 3.01. The van der Waals surface area contributed by atoms with Crippen molar-refractivity contribution in [1.82, 2.24) is 0 Å². The molecule has 238 valence electrons. The SMILES string of the molecule is COC(=O)C1=COC(OC2OC(CO)C(O)C(O)C2O)C(C=C2CCCCC2)C1C=CC1=CC(C(=O)O)=C[NH+](CCO)C1. The van der Waals surface area contributed by atoms with Gasteiger partial charge in [-0.25, -0.2) is 9.59 Å². The molecule has 0 aromatic heterocycles. The van der Waals surface area contributed by atoms with E-state index in [0.29, 0.717) is 18.7 Å². The molecule has 0 aromatic carbocycles. The Morgan fingerprint density at radius 1 is 1.07 bits per heavy atom. The monoisotopic (exact) mass is 608 g/mol. The second-order valence-electron chi connectivity index (χ2n) is 11.2. The van der Waals surface area contributed by atoms with Crippen molar-refractivity contribution in [2.75, 3.05) is 33.4 Å². The van der Waals surface area contributed by atoms with Gasteiger partial charge in [0, 0.05) is 11.5 Å². The Bertz CT molecular complexity index is 1150. The van der Waals surface area contributed by atoms with E-state index in [2.05, 4.69) is 0 Å². The van der Waals surface area contributed by atoms with Gasteiger partial charge < -0.3 is 54.5 Å².